The molecule has 114 valence electrons. The van der Waals surface area contributed by atoms with E-state index in [9.17, 15) is 4.79 Å². The van der Waals surface area contributed by atoms with Gasteiger partial charge in [-0.2, -0.15) is 0 Å². The zero-order valence-electron chi connectivity index (χ0n) is 12.7. The molecule has 2 aromatic rings. The molecule has 4 nitrogen and oxygen atoms in total. The van der Waals surface area contributed by atoms with E-state index in [-0.39, 0.29) is 12.1 Å². The summed E-state index contributed by atoms with van der Waals surface area (Å²) in [5, 5.41) is 0. The minimum absolute atomic E-state index is 0.0805. The van der Waals surface area contributed by atoms with Gasteiger partial charge in [0.05, 0.1) is 6.04 Å². The Balaban J connectivity index is 1.68. The van der Waals surface area contributed by atoms with Crippen LogP contribution in [0.3, 0.4) is 0 Å². The number of likely N-dealkylation sites (tertiary alicyclic amines) is 1. The van der Waals surface area contributed by atoms with Crippen molar-refractivity contribution in [3.63, 3.8) is 0 Å². The molecule has 3 rings (SSSR count). The van der Waals surface area contributed by atoms with Crippen LogP contribution in [0, 0.1) is 6.92 Å². The minimum atomic E-state index is -0.241. The third kappa shape index (κ3) is 3.11. The summed E-state index contributed by atoms with van der Waals surface area (Å²) in [6.07, 6.45) is 3.51. The summed E-state index contributed by atoms with van der Waals surface area (Å²) in [6.45, 7) is 3.04. The van der Waals surface area contributed by atoms with Crippen molar-refractivity contribution in [3.05, 3.63) is 65.5 Å². The van der Waals surface area contributed by atoms with Crippen molar-refractivity contribution in [2.24, 2.45) is 0 Å². The molecule has 1 atom stereocenters. The number of aromatic nitrogens is 1. The van der Waals surface area contributed by atoms with Gasteiger partial charge in [0, 0.05) is 18.4 Å². The number of amides is 1. The summed E-state index contributed by atoms with van der Waals surface area (Å²) in [5.41, 5.74) is 3.11. The van der Waals surface area contributed by atoms with Crippen LogP contribution in [0.5, 0.6) is 0 Å². The molecule has 1 unspecified atom stereocenters. The van der Waals surface area contributed by atoms with Crippen LogP contribution in [-0.4, -0.2) is 22.5 Å². The lowest BCUT2D eigenvalue weighted by atomic mass is 10.0. The van der Waals surface area contributed by atoms with Gasteiger partial charge in [-0.3, -0.25) is 4.98 Å². The number of hydrogen-bond acceptors (Lipinski definition) is 3. The van der Waals surface area contributed by atoms with E-state index in [1.54, 1.807) is 6.20 Å². The Bertz CT molecular complexity index is 643. The lowest BCUT2D eigenvalue weighted by molar-refractivity contribution is 0.0919. The second-order valence-electron chi connectivity index (χ2n) is 5.57. The summed E-state index contributed by atoms with van der Waals surface area (Å²) >= 11 is 0. The SMILES string of the molecule is Cc1ncccc1C1CCCN1C(=O)OCc1ccccc1. The molecule has 0 saturated carbocycles. The van der Waals surface area contributed by atoms with Crippen LogP contribution in [-0.2, 0) is 11.3 Å². The van der Waals surface area contributed by atoms with E-state index in [2.05, 4.69) is 11.1 Å². The molecule has 0 N–H and O–H groups in total. The first-order valence-corrected chi connectivity index (χ1v) is 7.64. The van der Waals surface area contributed by atoms with E-state index in [0.717, 1.165) is 36.2 Å². The number of aryl methyl sites for hydroxylation is 1. The van der Waals surface area contributed by atoms with Crippen molar-refractivity contribution in [1.82, 2.24) is 9.88 Å². The Labute approximate surface area is 130 Å². The van der Waals surface area contributed by atoms with Gasteiger partial charge in [0.2, 0.25) is 0 Å². The first-order valence-electron chi connectivity index (χ1n) is 7.64. The fourth-order valence-corrected chi connectivity index (χ4v) is 2.96. The van der Waals surface area contributed by atoms with Crippen LogP contribution in [0.4, 0.5) is 4.79 Å². The first-order chi connectivity index (χ1) is 10.8. The third-order valence-electron chi connectivity index (χ3n) is 4.10. The molecule has 1 aliphatic heterocycles. The van der Waals surface area contributed by atoms with Crippen LogP contribution >= 0.6 is 0 Å². The zero-order chi connectivity index (χ0) is 15.4. The highest BCUT2D eigenvalue weighted by Gasteiger charge is 2.32. The molecular formula is C18H20N2O2. The van der Waals surface area contributed by atoms with E-state index < -0.39 is 0 Å². The Kier molecular flexibility index (Phi) is 4.37. The maximum absolute atomic E-state index is 12.4. The van der Waals surface area contributed by atoms with Gasteiger partial charge >= 0.3 is 6.09 Å². The van der Waals surface area contributed by atoms with E-state index in [1.807, 2.05) is 48.2 Å². The predicted octanol–water partition coefficient (Wildman–Crippen LogP) is 3.86. The van der Waals surface area contributed by atoms with Crippen molar-refractivity contribution in [3.8, 4) is 0 Å². The molecule has 4 heteroatoms. The average Bonchev–Trinajstić information content (AvgIpc) is 3.03. The highest BCUT2D eigenvalue weighted by Crippen LogP contribution is 2.33. The van der Waals surface area contributed by atoms with Crippen molar-refractivity contribution in [2.75, 3.05) is 6.54 Å². The normalized spacial score (nSPS) is 17.5. The Morgan fingerprint density at radius 2 is 2.09 bits per heavy atom. The van der Waals surface area contributed by atoms with Crippen LogP contribution in [0.2, 0.25) is 0 Å². The Morgan fingerprint density at radius 1 is 1.27 bits per heavy atom. The van der Waals surface area contributed by atoms with Crippen LogP contribution in [0.25, 0.3) is 0 Å². The summed E-state index contributed by atoms with van der Waals surface area (Å²) in [4.78, 5) is 18.6. The molecule has 22 heavy (non-hydrogen) atoms. The van der Waals surface area contributed by atoms with Crippen molar-refractivity contribution >= 4 is 6.09 Å². The van der Waals surface area contributed by atoms with Gasteiger partial charge in [0.25, 0.3) is 0 Å². The summed E-state index contributed by atoms with van der Waals surface area (Å²) < 4.78 is 5.47. The van der Waals surface area contributed by atoms with E-state index in [1.165, 1.54) is 0 Å². The van der Waals surface area contributed by atoms with Gasteiger partial charge in [-0.05, 0) is 37.0 Å². The fourth-order valence-electron chi connectivity index (χ4n) is 2.96. The lowest BCUT2D eigenvalue weighted by Gasteiger charge is -2.25. The van der Waals surface area contributed by atoms with Gasteiger partial charge in [-0.25, -0.2) is 4.79 Å². The van der Waals surface area contributed by atoms with E-state index in [4.69, 9.17) is 4.74 Å². The molecular weight excluding hydrogens is 276 g/mol. The van der Waals surface area contributed by atoms with Crippen molar-refractivity contribution in [1.29, 1.82) is 0 Å². The van der Waals surface area contributed by atoms with Crippen molar-refractivity contribution < 1.29 is 9.53 Å². The van der Waals surface area contributed by atoms with Gasteiger partial charge in [0.1, 0.15) is 6.61 Å². The molecule has 0 bridgehead atoms. The molecule has 0 radical (unpaired) electrons. The number of carbonyl (C=O) groups excluding carboxylic acids is 1. The second kappa shape index (κ2) is 6.60. The summed E-state index contributed by atoms with van der Waals surface area (Å²) in [7, 11) is 0. The highest BCUT2D eigenvalue weighted by atomic mass is 16.6. The number of nitrogens with zero attached hydrogens (tertiary/aromatic N) is 2. The molecule has 2 heterocycles. The average molecular weight is 296 g/mol. The van der Waals surface area contributed by atoms with Gasteiger partial charge in [-0.15, -0.1) is 0 Å². The monoisotopic (exact) mass is 296 g/mol. The van der Waals surface area contributed by atoms with Crippen molar-refractivity contribution in [2.45, 2.75) is 32.4 Å². The number of ether oxygens (including phenoxy) is 1. The zero-order valence-corrected chi connectivity index (χ0v) is 12.7. The molecule has 1 aliphatic rings. The van der Waals surface area contributed by atoms with Gasteiger partial charge < -0.3 is 9.64 Å². The fraction of sp³-hybridized carbons (Fsp3) is 0.333. The topological polar surface area (TPSA) is 42.4 Å². The molecule has 0 spiro atoms. The summed E-state index contributed by atoms with van der Waals surface area (Å²) in [6, 6.07) is 13.8. The van der Waals surface area contributed by atoms with Crippen LogP contribution in [0.15, 0.2) is 48.7 Å². The maximum atomic E-state index is 12.4. The number of rotatable bonds is 3. The third-order valence-corrected chi connectivity index (χ3v) is 4.10. The minimum Gasteiger partial charge on any atom is -0.445 e. The number of carbonyl (C=O) groups is 1. The molecule has 1 aromatic heterocycles. The Morgan fingerprint density at radius 3 is 2.86 bits per heavy atom. The highest BCUT2D eigenvalue weighted by molar-refractivity contribution is 5.69. The lowest BCUT2D eigenvalue weighted by Crippen LogP contribution is -2.31. The largest absolute Gasteiger partial charge is 0.445 e. The van der Waals surface area contributed by atoms with Gasteiger partial charge in [-0.1, -0.05) is 36.4 Å². The van der Waals surface area contributed by atoms with E-state index >= 15 is 0 Å². The molecule has 0 aliphatic carbocycles. The first kappa shape index (κ1) is 14.6. The molecule has 1 amide bonds. The second-order valence-corrected chi connectivity index (χ2v) is 5.57. The number of hydrogen-bond donors (Lipinski definition) is 0. The summed E-state index contributed by atoms with van der Waals surface area (Å²) in [5.74, 6) is 0. The standard InChI is InChI=1S/C18H20N2O2/c1-14-16(9-5-11-19-14)17-10-6-12-20(17)18(21)22-13-15-7-3-2-4-8-15/h2-5,7-9,11,17H,6,10,12-13H2,1H3. The maximum Gasteiger partial charge on any atom is 0.410 e. The van der Waals surface area contributed by atoms with Gasteiger partial charge in [0.15, 0.2) is 0 Å². The smallest absolute Gasteiger partial charge is 0.410 e. The van der Waals surface area contributed by atoms with Crippen LogP contribution < -0.4 is 0 Å². The molecule has 1 aromatic carbocycles. The Hall–Kier alpha value is -2.36. The predicted molar refractivity (Wildman–Crippen MR) is 84.3 cm³/mol. The number of benzene rings is 1. The quantitative estimate of drug-likeness (QED) is 0.863. The van der Waals surface area contributed by atoms with Crippen LogP contribution in [0.1, 0.15) is 35.7 Å². The van der Waals surface area contributed by atoms with E-state index in [0.29, 0.717) is 6.61 Å². The molecule has 1 saturated heterocycles. The number of pyridine rings is 1. The molecule has 1 fully saturated rings.